The standard InChI is InChI=1S/C18H28N2/c1-5-15(19)13-14-7-6-8-17-16(14)9-11-20(17)12-10-18(2,3)4/h6-9,11,15H,5,10,12-13,19H2,1-4H3. The van der Waals surface area contributed by atoms with Crippen LogP contribution in [0.2, 0.25) is 0 Å². The highest BCUT2D eigenvalue weighted by Gasteiger charge is 2.12. The fourth-order valence-corrected chi connectivity index (χ4v) is 2.54. The molecule has 110 valence electrons. The van der Waals surface area contributed by atoms with Gasteiger partial charge in [0.25, 0.3) is 0 Å². The third-order valence-electron chi connectivity index (χ3n) is 4.01. The predicted molar refractivity (Wildman–Crippen MR) is 88.0 cm³/mol. The van der Waals surface area contributed by atoms with Crippen molar-refractivity contribution in [2.24, 2.45) is 11.1 Å². The molecule has 0 aliphatic carbocycles. The molecule has 0 aliphatic heterocycles. The summed E-state index contributed by atoms with van der Waals surface area (Å²) in [7, 11) is 0. The van der Waals surface area contributed by atoms with Crippen LogP contribution in [-0.4, -0.2) is 10.6 Å². The molecule has 0 amide bonds. The van der Waals surface area contributed by atoms with Crippen LogP contribution in [0.15, 0.2) is 30.5 Å². The van der Waals surface area contributed by atoms with E-state index in [4.69, 9.17) is 5.73 Å². The number of aromatic nitrogens is 1. The Morgan fingerprint density at radius 2 is 1.95 bits per heavy atom. The minimum atomic E-state index is 0.263. The second-order valence-electron chi connectivity index (χ2n) is 7.04. The van der Waals surface area contributed by atoms with Crippen molar-refractivity contribution in [2.75, 3.05) is 0 Å². The van der Waals surface area contributed by atoms with E-state index in [1.165, 1.54) is 22.9 Å². The van der Waals surface area contributed by atoms with Crippen molar-refractivity contribution in [1.29, 1.82) is 0 Å². The zero-order valence-corrected chi connectivity index (χ0v) is 13.3. The summed E-state index contributed by atoms with van der Waals surface area (Å²) >= 11 is 0. The molecule has 0 spiro atoms. The Morgan fingerprint density at radius 1 is 1.20 bits per heavy atom. The summed E-state index contributed by atoms with van der Waals surface area (Å²) in [6, 6.07) is 9.10. The van der Waals surface area contributed by atoms with Gasteiger partial charge in [-0.1, -0.05) is 39.8 Å². The average Bonchev–Trinajstić information content (AvgIpc) is 2.79. The summed E-state index contributed by atoms with van der Waals surface area (Å²) in [5, 5.41) is 1.37. The van der Waals surface area contributed by atoms with Gasteiger partial charge in [0.05, 0.1) is 0 Å². The second kappa shape index (κ2) is 6.01. The molecule has 2 N–H and O–H groups in total. The van der Waals surface area contributed by atoms with Gasteiger partial charge >= 0.3 is 0 Å². The molecule has 0 saturated carbocycles. The van der Waals surface area contributed by atoms with Gasteiger partial charge in [-0.2, -0.15) is 0 Å². The fourth-order valence-electron chi connectivity index (χ4n) is 2.54. The van der Waals surface area contributed by atoms with Crippen molar-refractivity contribution in [3.05, 3.63) is 36.0 Å². The van der Waals surface area contributed by atoms with Gasteiger partial charge in [0.15, 0.2) is 0 Å². The van der Waals surface area contributed by atoms with Gasteiger partial charge < -0.3 is 10.3 Å². The van der Waals surface area contributed by atoms with E-state index in [2.05, 4.69) is 62.7 Å². The maximum absolute atomic E-state index is 6.11. The Morgan fingerprint density at radius 3 is 2.60 bits per heavy atom. The lowest BCUT2D eigenvalue weighted by molar-refractivity contribution is 0.353. The molecule has 1 aromatic heterocycles. The van der Waals surface area contributed by atoms with Crippen LogP contribution in [0, 0.1) is 5.41 Å². The maximum atomic E-state index is 6.11. The monoisotopic (exact) mass is 272 g/mol. The first-order valence-electron chi connectivity index (χ1n) is 7.73. The second-order valence-corrected chi connectivity index (χ2v) is 7.04. The van der Waals surface area contributed by atoms with E-state index >= 15 is 0 Å². The van der Waals surface area contributed by atoms with E-state index in [-0.39, 0.29) is 6.04 Å². The number of benzene rings is 1. The largest absolute Gasteiger partial charge is 0.347 e. The van der Waals surface area contributed by atoms with Gasteiger partial charge in [0, 0.05) is 29.7 Å². The summed E-state index contributed by atoms with van der Waals surface area (Å²) < 4.78 is 2.38. The number of rotatable bonds is 5. The van der Waals surface area contributed by atoms with Crippen molar-refractivity contribution in [1.82, 2.24) is 4.57 Å². The number of nitrogens with two attached hydrogens (primary N) is 1. The first-order chi connectivity index (χ1) is 9.40. The highest BCUT2D eigenvalue weighted by atomic mass is 14.9. The van der Waals surface area contributed by atoms with Gasteiger partial charge in [0.1, 0.15) is 0 Å². The maximum Gasteiger partial charge on any atom is 0.0483 e. The predicted octanol–water partition coefficient (Wildman–Crippen LogP) is 4.36. The van der Waals surface area contributed by atoms with E-state index in [0.717, 1.165) is 19.4 Å². The van der Waals surface area contributed by atoms with E-state index in [1.807, 2.05) is 0 Å². The van der Waals surface area contributed by atoms with E-state index in [9.17, 15) is 0 Å². The Bertz CT molecular complexity index is 560. The van der Waals surface area contributed by atoms with Crippen LogP contribution in [0.25, 0.3) is 10.9 Å². The molecule has 1 heterocycles. The Balaban J connectivity index is 2.25. The highest BCUT2D eigenvalue weighted by molar-refractivity contribution is 5.83. The molecule has 0 aliphatic rings. The SMILES string of the molecule is CCC(N)Cc1cccc2c1ccn2CCC(C)(C)C. The first kappa shape index (κ1) is 15.1. The summed E-state index contributed by atoms with van der Waals surface area (Å²) in [6.45, 7) is 10.1. The quantitative estimate of drug-likeness (QED) is 0.861. The third-order valence-corrected chi connectivity index (χ3v) is 4.01. The summed E-state index contributed by atoms with van der Waals surface area (Å²) in [6.07, 6.45) is 5.41. The fraction of sp³-hybridized carbons (Fsp3) is 0.556. The molecule has 1 unspecified atom stereocenters. The molecule has 0 radical (unpaired) electrons. The molecule has 20 heavy (non-hydrogen) atoms. The van der Waals surface area contributed by atoms with Crippen molar-refractivity contribution in [3.63, 3.8) is 0 Å². The van der Waals surface area contributed by atoms with Crippen LogP contribution in [-0.2, 0) is 13.0 Å². The minimum absolute atomic E-state index is 0.263. The first-order valence-corrected chi connectivity index (χ1v) is 7.73. The molecule has 1 atom stereocenters. The summed E-state index contributed by atoms with van der Waals surface area (Å²) in [5.74, 6) is 0. The Hall–Kier alpha value is -1.28. The number of nitrogens with zero attached hydrogens (tertiary/aromatic N) is 1. The lowest BCUT2D eigenvalue weighted by atomic mass is 9.92. The van der Waals surface area contributed by atoms with Crippen LogP contribution in [0.3, 0.4) is 0 Å². The molecular formula is C18H28N2. The molecular weight excluding hydrogens is 244 g/mol. The van der Waals surface area contributed by atoms with Crippen molar-refractivity contribution in [3.8, 4) is 0 Å². The van der Waals surface area contributed by atoms with E-state index in [1.54, 1.807) is 0 Å². The summed E-state index contributed by atoms with van der Waals surface area (Å²) in [5.41, 5.74) is 9.21. The molecule has 1 aromatic carbocycles. The normalized spacial score (nSPS) is 13.8. The van der Waals surface area contributed by atoms with E-state index < -0.39 is 0 Å². The Labute approximate surface area is 123 Å². The average molecular weight is 272 g/mol. The van der Waals surface area contributed by atoms with E-state index in [0.29, 0.717) is 5.41 Å². The van der Waals surface area contributed by atoms with Gasteiger partial charge in [-0.25, -0.2) is 0 Å². The molecule has 2 aromatic rings. The van der Waals surface area contributed by atoms with Crippen LogP contribution in [0.5, 0.6) is 0 Å². The van der Waals surface area contributed by atoms with Crippen LogP contribution in [0.4, 0.5) is 0 Å². The number of fused-ring (bicyclic) bond motifs is 1. The zero-order chi connectivity index (χ0) is 14.8. The van der Waals surface area contributed by atoms with Crippen LogP contribution < -0.4 is 5.73 Å². The van der Waals surface area contributed by atoms with Crippen molar-refractivity contribution < 1.29 is 0 Å². The topological polar surface area (TPSA) is 30.9 Å². The van der Waals surface area contributed by atoms with Gasteiger partial charge in [-0.15, -0.1) is 0 Å². The minimum Gasteiger partial charge on any atom is -0.347 e. The summed E-state index contributed by atoms with van der Waals surface area (Å²) in [4.78, 5) is 0. The number of hydrogen-bond donors (Lipinski definition) is 1. The Kier molecular flexibility index (Phi) is 4.54. The molecule has 0 fully saturated rings. The smallest absolute Gasteiger partial charge is 0.0483 e. The zero-order valence-electron chi connectivity index (χ0n) is 13.3. The molecule has 0 bridgehead atoms. The molecule has 2 rings (SSSR count). The van der Waals surface area contributed by atoms with Crippen molar-refractivity contribution >= 4 is 10.9 Å². The molecule has 2 heteroatoms. The molecule has 0 saturated heterocycles. The third kappa shape index (κ3) is 3.63. The van der Waals surface area contributed by atoms with Crippen LogP contribution in [0.1, 0.15) is 46.1 Å². The van der Waals surface area contributed by atoms with Gasteiger partial charge in [-0.05, 0) is 42.4 Å². The lowest BCUT2D eigenvalue weighted by Gasteiger charge is -2.18. The van der Waals surface area contributed by atoms with Crippen LogP contribution >= 0.6 is 0 Å². The number of aryl methyl sites for hydroxylation is 1. The van der Waals surface area contributed by atoms with Gasteiger partial charge in [0.2, 0.25) is 0 Å². The van der Waals surface area contributed by atoms with Crippen molar-refractivity contribution in [2.45, 2.75) is 59.5 Å². The molecule has 2 nitrogen and oxygen atoms in total. The number of hydrogen-bond acceptors (Lipinski definition) is 1. The van der Waals surface area contributed by atoms with Gasteiger partial charge in [-0.3, -0.25) is 0 Å². The highest BCUT2D eigenvalue weighted by Crippen LogP contribution is 2.25. The lowest BCUT2D eigenvalue weighted by Crippen LogP contribution is -2.21.